The van der Waals surface area contributed by atoms with Crippen LogP contribution in [0.1, 0.15) is 25.0 Å². The van der Waals surface area contributed by atoms with Crippen LogP contribution in [0.3, 0.4) is 0 Å². The molecule has 4 N–H and O–H groups in total. The molecule has 1 aromatic carbocycles. The molecule has 90 valence electrons. The number of aliphatic hydroxyl groups is 1. The second-order valence-electron chi connectivity index (χ2n) is 4.52. The molecule has 16 heavy (non-hydrogen) atoms. The van der Waals surface area contributed by atoms with E-state index < -0.39 is 0 Å². The number of aryl methyl sites for hydroxylation is 1. The molecule has 0 radical (unpaired) electrons. The summed E-state index contributed by atoms with van der Waals surface area (Å²) in [7, 11) is 0. The summed E-state index contributed by atoms with van der Waals surface area (Å²) >= 11 is 0. The van der Waals surface area contributed by atoms with E-state index in [-0.39, 0.29) is 12.6 Å². The zero-order valence-electron chi connectivity index (χ0n) is 10.3. The molecule has 0 aliphatic rings. The predicted octanol–water partition coefficient (Wildman–Crippen LogP) is 1.88. The van der Waals surface area contributed by atoms with Crippen molar-refractivity contribution in [2.24, 2.45) is 11.7 Å². The molecule has 1 rings (SSSR count). The van der Waals surface area contributed by atoms with Crippen molar-refractivity contribution in [2.75, 3.05) is 11.9 Å². The second kappa shape index (κ2) is 5.87. The van der Waals surface area contributed by atoms with Crippen LogP contribution >= 0.6 is 0 Å². The number of rotatable bonds is 5. The molecule has 0 saturated heterocycles. The molecular formula is C13H22N2O. The lowest BCUT2D eigenvalue weighted by molar-refractivity contribution is 0.249. The summed E-state index contributed by atoms with van der Waals surface area (Å²) in [5.41, 5.74) is 9.01. The minimum Gasteiger partial charge on any atom is -0.394 e. The van der Waals surface area contributed by atoms with Crippen molar-refractivity contribution < 1.29 is 5.11 Å². The number of anilines is 1. The summed E-state index contributed by atoms with van der Waals surface area (Å²) in [5.74, 6) is 0.402. The van der Waals surface area contributed by atoms with E-state index in [1.54, 1.807) is 0 Å². The largest absolute Gasteiger partial charge is 0.394 e. The van der Waals surface area contributed by atoms with Crippen LogP contribution in [-0.4, -0.2) is 17.8 Å². The standard InChI is InChI=1S/C13H22N2O/c1-9(2)13(8-16)15-12-5-4-11(7-14)10(3)6-12/h4-6,9,13,15-16H,7-8,14H2,1-3H3/t13-/m1/s1. The molecule has 0 bridgehead atoms. The Balaban J connectivity index is 2.78. The number of nitrogens with one attached hydrogen (secondary N) is 1. The van der Waals surface area contributed by atoms with Crippen molar-refractivity contribution in [3.05, 3.63) is 29.3 Å². The third-order valence-corrected chi connectivity index (χ3v) is 2.92. The van der Waals surface area contributed by atoms with E-state index in [0.29, 0.717) is 12.5 Å². The first kappa shape index (κ1) is 13.0. The van der Waals surface area contributed by atoms with E-state index in [0.717, 1.165) is 11.3 Å². The molecule has 1 atom stereocenters. The zero-order chi connectivity index (χ0) is 12.1. The molecule has 0 unspecified atom stereocenters. The van der Waals surface area contributed by atoms with Gasteiger partial charge < -0.3 is 16.2 Å². The molecule has 0 heterocycles. The highest BCUT2D eigenvalue weighted by Gasteiger charge is 2.11. The van der Waals surface area contributed by atoms with Gasteiger partial charge in [0.05, 0.1) is 12.6 Å². The summed E-state index contributed by atoms with van der Waals surface area (Å²) in [4.78, 5) is 0. The predicted molar refractivity (Wildman–Crippen MR) is 68.4 cm³/mol. The fourth-order valence-electron chi connectivity index (χ4n) is 1.65. The average Bonchev–Trinajstić information content (AvgIpc) is 2.25. The van der Waals surface area contributed by atoms with Gasteiger partial charge in [-0.05, 0) is 36.1 Å². The Morgan fingerprint density at radius 2 is 2.06 bits per heavy atom. The highest BCUT2D eigenvalue weighted by molar-refractivity contribution is 5.49. The summed E-state index contributed by atoms with van der Waals surface area (Å²) in [6, 6.07) is 6.23. The molecule has 0 aromatic heterocycles. The van der Waals surface area contributed by atoms with Crippen molar-refractivity contribution in [2.45, 2.75) is 33.4 Å². The second-order valence-corrected chi connectivity index (χ2v) is 4.52. The Morgan fingerprint density at radius 3 is 2.50 bits per heavy atom. The van der Waals surface area contributed by atoms with Gasteiger partial charge in [0.15, 0.2) is 0 Å². The van der Waals surface area contributed by atoms with Crippen LogP contribution in [0.15, 0.2) is 18.2 Å². The Bertz CT molecular complexity index is 337. The number of benzene rings is 1. The fraction of sp³-hybridized carbons (Fsp3) is 0.538. The van der Waals surface area contributed by atoms with Crippen LogP contribution in [0.2, 0.25) is 0 Å². The first-order chi connectivity index (χ1) is 7.58. The fourth-order valence-corrected chi connectivity index (χ4v) is 1.65. The third kappa shape index (κ3) is 3.22. The van der Waals surface area contributed by atoms with Crippen LogP contribution < -0.4 is 11.1 Å². The van der Waals surface area contributed by atoms with Gasteiger partial charge in [-0.1, -0.05) is 19.9 Å². The van der Waals surface area contributed by atoms with Crippen LogP contribution in [-0.2, 0) is 6.54 Å². The summed E-state index contributed by atoms with van der Waals surface area (Å²) < 4.78 is 0. The maximum atomic E-state index is 9.25. The molecule has 1 aromatic rings. The normalized spacial score (nSPS) is 12.9. The maximum absolute atomic E-state index is 9.25. The molecule has 0 aliphatic carbocycles. The monoisotopic (exact) mass is 222 g/mol. The third-order valence-electron chi connectivity index (χ3n) is 2.92. The molecule has 0 saturated carbocycles. The Labute approximate surface area is 97.7 Å². The molecule has 0 amide bonds. The Morgan fingerprint density at radius 1 is 1.38 bits per heavy atom. The number of aliphatic hydroxyl groups excluding tert-OH is 1. The van der Waals surface area contributed by atoms with Gasteiger partial charge in [0.25, 0.3) is 0 Å². The van der Waals surface area contributed by atoms with Crippen molar-refractivity contribution >= 4 is 5.69 Å². The minimum absolute atomic E-state index is 0.100. The number of hydrogen-bond acceptors (Lipinski definition) is 3. The summed E-state index contributed by atoms with van der Waals surface area (Å²) in [6.45, 7) is 6.95. The van der Waals surface area contributed by atoms with Crippen LogP contribution in [0.4, 0.5) is 5.69 Å². The van der Waals surface area contributed by atoms with E-state index in [1.165, 1.54) is 5.56 Å². The zero-order valence-corrected chi connectivity index (χ0v) is 10.3. The lowest BCUT2D eigenvalue weighted by Crippen LogP contribution is -2.29. The molecule has 0 spiro atoms. The van der Waals surface area contributed by atoms with E-state index in [9.17, 15) is 5.11 Å². The van der Waals surface area contributed by atoms with Crippen molar-refractivity contribution in [1.29, 1.82) is 0 Å². The van der Waals surface area contributed by atoms with Crippen molar-refractivity contribution in [3.63, 3.8) is 0 Å². The first-order valence-corrected chi connectivity index (χ1v) is 5.75. The van der Waals surface area contributed by atoms with E-state index in [2.05, 4.69) is 32.2 Å². The van der Waals surface area contributed by atoms with Gasteiger partial charge in [0, 0.05) is 12.2 Å². The Kier molecular flexibility index (Phi) is 4.77. The lowest BCUT2D eigenvalue weighted by Gasteiger charge is -2.21. The van der Waals surface area contributed by atoms with Crippen molar-refractivity contribution in [3.8, 4) is 0 Å². The van der Waals surface area contributed by atoms with Gasteiger partial charge in [-0.2, -0.15) is 0 Å². The van der Waals surface area contributed by atoms with Crippen LogP contribution in [0.5, 0.6) is 0 Å². The molecular weight excluding hydrogens is 200 g/mol. The molecule has 0 fully saturated rings. The quantitative estimate of drug-likeness (QED) is 0.713. The Hall–Kier alpha value is -1.06. The van der Waals surface area contributed by atoms with E-state index in [1.807, 2.05) is 12.1 Å². The summed E-state index contributed by atoms with van der Waals surface area (Å²) in [6.07, 6.45) is 0. The maximum Gasteiger partial charge on any atom is 0.0635 e. The lowest BCUT2D eigenvalue weighted by atomic mass is 10.0. The van der Waals surface area contributed by atoms with Gasteiger partial charge in [-0.25, -0.2) is 0 Å². The van der Waals surface area contributed by atoms with Gasteiger partial charge in [-0.15, -0.1) is 0 Å². The van der Waals surface area contributed by atoms with Gasteiger partial charge in [-0.3, -0.25) is 0 Å². The van der Waals surface area contributed by atoms with Gasteiger partial charge in [0.2, 0.25) is 0 Å². The van der Waals surface area contributed by atoms with Crippen LogP contribution in [0.25, 0.3) is 0 Å². The summed E-state index contributed by atoms with van der Waals surface area (Å²) in [5, 5.41) is 12.6. The topological polar surface area (TPSA) is 58.3 Å². The first-order valence-electron chi connectivity index (χ1n) is 5.75. The highest BCUT2D eigenvalue weighted by atomic mass is 16.3. The van der Waals surface area contributed by atoms with E-state index >= 15 is 0 Å². The van der Waals surface area contributed by atoms with Gasteiger partial charge in [0.1, 0.15) is 0 Å². The molecule has 3 nitrogen and oxygen atoms in total. The highest BCUT2D eigenvalue weighted by Crippen LogP contribution is 2.17. The smallest absolute Gasteiger partial charge is 0.0635 e. The molecule has 0 aliphatic heterocycles. The van der Waals surface area contributed by atoms with Crippen LogP contribution in [0, 0.1) is 12.8 Å². The minimum atomic E-state index is 0.100. The SMILES string of the molecule is Cc1cc(N[C@H](CO)C(C)C)ccc1CN. The van der Waals surface area contributed by atoms with Gasteiger partial charge >= 0.3 is 0 Å². The van der Waals surface area contributed by atoms with E-state index in [4.69, 9.17) is 5.73 Å². The van der Waals surface area contributed by atoms with Crippen molar-refractivity contribution in [1.82, 2.24) is 0 Å². The molecule has 3 heteroatoms. The number of hydrogen-bond donors (Lipinski definition) is 3. The average molecular weight is 222 g/mol. The number of nitrogens with two attached hydrogens (primary N) is 1.